The van der Waals surface area contributed by atoms with Crippen LogP contribution in [0.2, 0.25) is 0 Å². The molecule has 0 aromatic heterocycles. The third kappa shape index (κ3) is 17.2. The van der Waals surface area contributed by atoms with Gasteiger partial charge in [0.15, 0.2) is 0 Å². The fourth-order valence-corrected chi connectivity index (χ4v) is 3.95. The summed E-state index contributed by atoms with van der Waals surface area (Å²) in [4.78, 5) is 0. The van der Waals surface area contributed by atoms with Gasteiger partial charge >= 0.3 is 0 Å². The molecule has 0 rings (SSSR count). The molecule has 0 aromatic carbocycles. The van der Waals surface area contributed by atoms with E-state index < -0.39 is 0 Å². The van der Waals surface area contributed by atoms with E-state index >= 15 is 0 Å². The van der Waals surface area contributed by atoms with E-state index in [1.807, 2.05) is 0 Å². The number of hydrogen-bond donors (Lipinski definition) is 0. The molecule has 0 nitrogen and oxygen atoms in total. The van der Waals surface area contributed by atoms with Crippen molar-refractivity contribution in [3.8, 4) is 0 Å². The SMILES string of the molecule is CCCCCC(C)CC(C)CCC(C)CCCCC=CCCC(C)CC. The Bertz CT molecular complexity index is 303. The molecule has 0 heteroatoms. The van der Waals surface area contributed by atoms with Crippen molar-refractivity contribution in [2.45, 2.75) is 131 Å². The van der Waals surface area contributed by atoms with Crippen LogP contribution in [0.3, 0.4) is 0 Å². The van der Waals surface area contributed by atoms with Crippen LogP contribution >= 0.6 is 0 Å². The van der Waals surface area contributed by atoms with Gasteiger partial charge in [-0.2, -0.15) is 0 Å². The third-order valence-corrected chi connectivity index (χ3v) is 6.26. The van der Waals surface area contributed by atoms with Gasteiger partial charge in [-0.1, -0.05) is 111 Å². The standard InChI is InChI=1S/C26H52/c1-7-9-14-19-25(5)22-26(6)21-20-24(4)18-16-13-11-10-12-15-17-23(3)8-2/h10,12,23-26H,7-9,11,13-22H2,1-6H3. The molecule has 0 spiro atoms. The first-order chi connectivity index (χ1) is 12.5. The van der Waals surface area contributed by atoms with Gasteiger partial charge in [0, 0.05) is 0 Å². The monoisotopic (exact) mass is 364 g/mol. The Kier molecular flexibility index (Phi) is 17.9. The van der Waals surface area contributed by atoms with Gasteiger partial charge in [0.1, 0.15) is 0 Å². The molecule has 0 N–H and O–H groups in total. The zero-order valence-corrected chi connectivity index (χ0v) is 19.4. The molecule has 0 fully saturated rings. The molecule has 4 unspecified atom stereocenters. The van der Waals surface area contributed by atoms with Gasteiger partial charge in [-0.25, -0.2) is 0 Å². The molecular formula is C26H52. The Labute approximate surface area is 167 Å². The summed E-state index contributed by atoms with van der Waals surface area (Å²) in [7, 11) is 0. The lowest BCUT2D eigenvalue weighted by molar-refractivity contribution is 0.335. The summed E-state index contributed by atoms with van der Waals surface area (Å²) in [6, 6.07) is 0. The summed E-state index contributed by atoms with van der Waals surface area (Å²) >= 11 is 0. The van der Waals surface area contributed by atoms with Crippen LogP contribution in [0.4, 0.5) is 0 Å². The smallest absolute Gasteiger partial charge is 0.0348 e. The van der Waals surface area contributed by atoms with E-state index in [0.29, 0.717) is 0 Å². The van der Waals surface area contributed by atoms with Crippen molar-refractivity contribution in [1.29, 1.82) is 0 Å². The predicted molar refractivity (Wildman–Crippen MR) is 122 cm³/mol. The van der Waals surface area contributed by atoms with Gasteiger partial charge in [-0.05, 0) is 55.8 Å². The Morgan fingerprint density at radius 1 is 0.538 bits per heavy atom. The van der Waals surface area contributed by atoms with E-state index in [1.165, 1.54) is 89.9 Å². The van der Waals surface area contributed by atoms with Crippen LogP contribution in [0.25, 0.3) is 0 Å². The summed E-state index contributed by atoms with van der Waals surface area (Å²) < 4.78 is 0. The van der Waals surface area contributed by atoms with Gasteiger partial charge in [0.2, 0.25) is 0 Å². The lowest BCUT2D eigenvalue weighted by atomic mass is 9.87. The Morgan fingerprint density at radius 2 is 1.12 bits per heavy atom. The quantitative estimate of drug-likeness (QED) is 0.168. The molecule has 0 radical (unpaired) electrons. The lowest BCUT2D eigenvalue weighted by Crippen LogP contribution is -2.06. The van der Waals surface area contributed by atoms with E-state index in [2.05, 4.69) is 53.7 Å². The maximum Gasteiger partial charge on any atom is -0.0348 e. The van der Waals surface area contributed by atoms with Crippen LogP contribution in [0, 0.1) is 23.7 Å². The van der Waals surface area contributed by atoms with Gasteiger partial charge in [-0.3, -0.25) is 0 Å². The predicted octanol–water partition coefficient (Wildman–Crippen LogP) is 9.59. The molecule has 0 aliphatic rings. The van der Waals surface area contributed by atoms with Gasteiger partial charge in [0.05, 0.1) is 0 Å². The zero-order valence-electron chi connectivity index (χ0n) is 19.4. The molecule has 4 atom stereocenters. The molecule has 156 valence electrons. The van der Waals surface area contributed by atoms with Crippen LogP contribution in [-0.2, 0) is 0 Å². The number of allylic oxidation sites excluding steroid dienone is 2. The van der Waals surface area contributed by atoms with Crippen LogP contribution in [0.1, 0.15) is 131 Å². The summed E-state index contributed by atoms with van der Waals surface area (Å²) in [6.07, 6.45) is 24.3. The summed E-state index contributed by atoms with van der Waals surface area (Å²) in [5, 5.41) is 0. The van der Waals surface area contributed by atoms with Gasteiger partial charge in [0.25, 0.3) is 0 Å². The molecule has 26 heavy (non-hydrogen) atoms. The molecular weight excluding hydrogens is 312 g/mol. The normalized spacial score (nSPS) is 16.7. The van der Waals surface area contributed by atoms with Crippen molar-refractivity contribution in [3.63, 3.8) is 0 Å². The number of unbranched alkanes of at least 4 members (excludes halogenated alkanes) is 4. The topological polar surface area (TPSA) is 0 Å². The minimum atomic E-state index is 0.891. The van der Waals surface area contributed by atoms with E-state index in [0.717, 1.165) is 23.7 Å². The fraction of sp³-hybridized carbons (Fsp3) is 0.923. The molecule has 0 aliphatic carbocycles. The second-order valence-electron chi connectivity index (χ2n) is 9.47. The Balaban J connectivity index is 3.55. The highest BCUT2D eigenvalue weighted by molar-refractivity contribution is 4.81. The van der Waals surface area contributed by atoms with Crippen molar-refractivity contribution in [3.05, 3.63) is 12.2 Å². The highest BCUT2D eigenvalue weighted by Gasteiger charge is 2.10. The zero-order chi connectivity index (χ0) is 19.6. The maximum atomic E-state index is 2.48. The van der Waals surface area contributed by atoms with Crippen molar-refractivity contribution in [2.24, 2.45) is 23.7 Å². The van der Waals surface area contributed by atoms with Gasteiger partial charge in [-0.15, -0.1) is 0 Å². The Morgan fingerprint density at radius 3 is 1.81 bits per heavy atom. The molecule has 0 saturated heterocycles. The van der Waals surface area contributed by atoms with Crippen LogP contribution in [-0.4, -0.2) is 0 Å². The van der Waals surface area contributed by atoms with E-state index in [-0.39, 0.29) is 0 Å². The first-order valence-corrected chi connectivity index (χ1v) is 12.1. The van der Waals surface area contributed by atoms with Crippen molar-refractivity contribution in [1.82, 2.24) is 0 Å². The van der Waals surface area contributed by atoms with Crippen LogP contribution in [0.5, 0.6) is 0 Å². The molecule has 0 heterocycles. The van der Waals surface area contributed by atoms with Crippen LogP contribution < -0.4 is 0 Å². The summed E-state index contributed by atoms with van der Waals surface area (Å²) in [6.45, 7) is 14.4. The fourth-order valence-electron chi connectivity index (χ4n) is 3.95. The van der Waals surface area contributed by atoms with Crippen molar-refractivity contribution < 1.29 is 0 Å². The van der Waals surface area contributed by atoms with Crippen LogP contribution in [0.15, 0.2) is 12.2 Å². The molecule has 0 amide bonds. The third-order valence-electron chi connectivity index (χ3n) is 6.26. The highest BCUT2D eigenvalue weighted by atomic mass is 14.2. The van der Waals surface area contributed by atoms with E-state index in [4.69, 9.17) is 0 Å². The van der Waals surface area contributed by atoms with E-state index in [9.17, 15) is 0 Å². The minimum Gasteiger partial charge on any atom is -0.0885 e. The average Bonchev–Trinajstić information content (AvgIpc) is 2.62. The number of rotatable bonds is 18. The molecule has 0 aliphatic heterocycles. The highest BCUT2D eigenvalue weighted by Crippen LogP contribution is 2.24. The number of hydrogen-bond acceptors (Lipinski definition) is 0. The molecule has 0 aromatic rings. The second kappa shape index (κ2) is 18.1. The lowest BCUT2D eigenvalue weighted by Gasteiger charge is -2.19. The molecule has 0 saturated carbocycles. The van der Waals surface area contributed by atoms with Gasteiger partial charge < -0.3 is 0 Å². The first-order valence-electron chi connectivity index (χ1n) is 12.1. The Hall–Kier alpha value is -0.260. The summed E-state index contributed by atoms with van der Waals surface area (Å²) in [5.41, 5.74) is 0. The summed E-state index contributed by atoms with van der Waals surface area (Å²) in [5.74, 6) is 3.66. The first kappa shape index (κ1) is 25.7. The van der Waals surface area contributed by atoms with Crippen molar-refractivity contribution in [2.75, 3.05) is 0 Å². The molecule has 0 bridgehead atoms. The van der Waals surface area contributed by atoms with Crippen molar-refractivity contribution >= 4 is 0 Å². The maximum absolute atomic E-state index is 2.48. The minimum absolute atomic E-state index is 0.891. The van der Waals surface area contributed by atoms with E-state index in [1.54, 1.807) is 0 Å². The largest absolute Gasteiger partial charge is 0.0885 e. The second-order valence-corrected chi connectivity index (χ2v) is 9.47. The average molecular weight is 365 g/mol.